The van der Waals surface area contributed by atoms with Crippen LogP contribution in [0.1, 0.15) is 33.7 Å². The summed E-state index contributed by atoms with van der Waals surface area (Å²) in [6.07, 6.45) is -3.13. The Bertz CT molecular complexity index is 1520. The Labute approximate surface area is 202 Å². The minimum absolute atomic E-state index is 0.156. The maximum Gasteiger partial charge on any atom is 0.435 e. The van der Waals surface area contributed by atoms with Gasteiger partial charge in [0.25, 0.3) is 11.5 Å². The smallest absolute Gasteiger partial charge is 0.435 e. The molecule has 0 unspecified atom stereocenters. The van der Waals surface area contributed by atoms with E-state index in [9.17, 15) is 22.8 Å². The molecule has 0 saturated carbocycles. The molecule has 0 saturated heterocycles. The van der Waals surface area contributed by atoms with Crippen molar-refractivity contribution in [3.63, 3.8) is 0 Å². The first-order valence-electron chi connectivity index (χ1n) is 11.1. The van der Waals surface area contributed by atoms with Gasteiger partial charge in [-0.05, 0) is 55.2 Å². The lowest BCUT2D eigenvalue weighted by Gasteiger charge is -2.12. The Morgan fingerprint density at radius 1 is 1.14 bits per heavy atom. The highest BCUT2D eigenvalue weighted by Gasteiger charge is 2.41. The number of hydrogen-bond acceptors (Lipinski definition) is 5. The number of para-hydroxylation sites is 1. The molecule has 36 heavy (non-hydrogen) atoms. The SMILES string of the molecule is COc1ccc2c(c1)CCCc1c(C(=O)Nc3c(C(F)(F)F)n(C)n(-c4ccccc4)c3=O)noc1-2. The zero-order chi connectivity index (χ0) is 25.6. The van der Waals surface area contributed by atoms with Gasteiger partial charge in [0, 0.05) is 18.2 Å². The molecule has 8 nitrogen and oxygen atoms in total. The summed E-state index contributed by atoms with van der Waals surface area (Å²) in [6, 6.07) is 13.3. The van der Waals surface area contributed by atoms with E-state index in [2.05, 4.69) is 10.5 Å². The summed E-state index contributed by atoms with van der Waals surface area (Å²) in [6.45, 7) is 0. The van der Waals surface area contributed by atoms with Crippen LogP contribution in [0.25, 0.3) is 17.0 Å². The first-order valence-corrected chi connectivity index (χ1v) is 11.1. The number of methoxy groups -OCH3 is 1. The van der Waals surface area contributed by atoms with E-state index in [1.54, 1.807) is 37.4 Å². The number of rotatable bonds is 4. The predicted molar refractivity (Wildman–Crippen MR) is 124 cm³/mol. The van der Waals surface area contributed by atoms with E-state index in [0.29, 0.717) is 41.0 Å². The summed E-state index contributed by atoms with van der Waals surface area (Å²) in [7, 11) is 2.67. The molecule has 4 aromatic rings. The summed E-state index contributed by atoms with van der Waals surface area (Å²) in [5.41, 5.74) is -0.956. The minimum atomic E-state index is -4.91. The number of alkyl halides is 3. The fourth-order valence-electron chi connectivity index (χ4n) is 4.59. The number of halogens is 3. The molecule has 5 rings (SSSR count). The lowest BCUT2D eigenvalue weighted by atomic mass is 10.0. The molecule has 0 fully saturated rings. The third kappa shape index (κ3) is 3.86. The van der Waals surface area contributed by atoms with Gasteiger partial charge in [-0.25, -0.2) is 4.68 Å². The van der Waals surface area contributed by atoms with Crippen molar-refractivity contribution in [2.75, 3.05) is 12.4 Å². The van der Waals surface area contributed by atoms with Crippen LogP contribution >= 0.6 is 0 Å². The van der Waals surface area contributed by atoms with E-state index in [1.807, 2.05) is 6.07 Å². The van der Waals surface area contributed by atoms with Crippen LogP contribution in [-0.2, 0) is 26.1 Å². The Morgan fingerprint density at radius 2 is 1.89 bits per heavy atom. The predicted octanol–water partition coefficient (Wildman–Crippen LogP) is 4.60. The minimum Gasteiger partial charge on any atom is -0.497 e. The molecule has 1 aliphatic carbocycles. The lowest BCUT2D eigenvalue weighted by molar-refractivity contribution is -0.143. The largest absolute Gasteiger partial charge is 0.497 e. The van der Waals surface area contributed by atoms with Crippen molar-refractivity contribution in [3.05, 3.63) is 81.4 Å². The second-order valence-electron chi connectivity index (χ2n) is 8.37. The van der Waals surface area contributed by atoms with E-state index in [4.69, 9.17) is 9.26 Å². The first-order chi connectivity index (χ1) is 17.2. The second kappa shape index (κ2) is 8.74. The molecule has 0 spiro atoms. The summed E-state index contributed by atoms with van der Waals surface area (Å²) < 4.78 is 54.3. The van der Waals surface area contributed by atoms with Crippen LogP contribution in [-0.4, -0.2) is 27.5 Å². The van der Waals surface area contributed by atoms with Crippen molar-refractivity contribution >= 4 is 11.6 Å². The quantitative estimate of drug-likeness (QED) is 0.444. The van der Waals surface area contributed by atoms with Gasteiger partial charge in [-0.3, -0.25) is 14.3 Å². The summed E-state index contributed by atoms with van der Waals surface area (Å²) in [5.74, 6) is 0.0969. The van der Waals surface area contributed by atoms with E-state index >= 15 is 0 Å². The highest BCUT2D eigenvalue weighted by atomic mass is 19.4. The van der Waals surface area contributed by atoms with E-state index in [-0.39, 0.29) is 11.4 Å². The molecule has 11 heteroatoms. The summed E-state index contributed by atoms with van der Waals surface area (Å²) in [4.78, 5) is 26.3. The highest BCUT2D eigenvalue weighted by Crippen LogP contribution is 2.37. The zero-order valence-electron chi connectivity index (χ0n) is 19.3. The second-order valence-corrected chi connectivity index (χ2v) is 8.37. The number of aromatic nitrogens is 3. The van der Waals surface area contributed by atoms with Crippen LogP contribution in [0.4, 0.5) is 18.9 Å². The summed E-state index contributed by atoms with van der Waals surface area (Å²) in [5, 5.41) is 6.05. The van der Waals surface area contributed by atoms with Crippen molar-refractivity contribution in [2.45, 2.75) is 25.4 Å². The monoisotopic (exact) mass is 498 g/mol. The van der Waals surface area contributed by atoms with Crippen molar-refractivity contribution < 1.29 is 27.2 Å². The highest BCUT2D eigenvalue weighted by molar-refractivity contribution is 6.05. The van der Waals surface area contributed by atoms with E-state index in [0.717, 1.165) is 22.9 Å². The normalized spacial score (nSPS) is 13.0. The zero-order valence-corrected chi connectivity index (χ0v) is 19.3. The standard InChI is InChI=1S/C25H21F3N4O4/c1-31-22(25(26,27)28)20(24(34)32(31)15-8-4-3-5-9-15)29-23(33)19-18-10-6-7-14-13-16(35-2)11-12-17(14)21(18)36-30-19/h3-5,8-9,11-13H,6-7,10H2,1-2H3,(H,29,33). The molecule has 0 atom stereocenters. The van der Waals surface area contributed by atoms with Gasteiger partial charge in [0.2, 0.25) is 0 Å². The Kier molecular flexibility index (Phi) is 5.70. The number of anilines is 1. The number of nitrogens with one attached hydrogen (secondary N) is 1. The van der Waals surface area contributed by atoms with Gasteiger partial charge >= 0.3 is 6.18 Å². The molecular weight excluding hydrogens is 477 g/mol. The van der Waals surface area contributed by atoms with E-state index in [1.165, 1.54) is 12.1 Å². The number of aryl methyl sites for hydroxylation is 1. The van der Waals surface area contributed by atoms with Crippen LogP contribution in [0.5, 0.6) is 5.75 Å². The van der Waals surface area contributed by atoms with Crippen LogP contribution in [0.2, 0.25) is 0 Å². The molecule has 2 heterocycles. The van der Waals surface area contributed by atoms with Gasteiger partial charge in [-0.2, -0.15) is 13.2 Å². The third-order valence-electron chi connectivity index (χ3n) is 6.21. The molecule has 2 aromatic heterocycles. The average Bonchev–Trinajstić information content (AvgIpc) is 3.31. The van der Waals surface area contributed by atoms with Crippen LogP contribution in [0.15, 0.2) is 57.8 Å². The average molecular weight is 498 g/mol. The van der Waals surface area contributed by atoms with Gasteiger partial charge in [-0.15, -0.1) is 0 Å². The fraction of sp³-hybridized carbons (Fsp3) is 0.240. The number of fused-ring (bicyclic) bond motifs is 3. The molecule has 1 aliphatic rings. The molecular formula is C25H21F3N4O4. The molecule has 0 bridgehead atoms. The maximum absolute atomic E-state index is 14.0. The summed E-state index contributed by atoms with van der Waals surface area (Å²) >= 11 is 0. The Balaban J connectivity index is 1.57. The first kappa shape index (κ1) is 23.5. The molecule has 1 amide bonds. The van der Waals surface area contributed by atoms with Crippen LogP contribution < -0.4 is 15.6 Å². The molecule has 1 N–H and O–H groups in total. The third-order valence-corrected chi connectivity index (χ3v) is 6.21. The van der Waals surface area contributed by atoms with Gasteiger partial charge in [0.05, 0.1) is 12.8 Å². The number of benzene rings is 2. The van der Waals surface area contributed by atoms with Crippen molar-refractivity contribution in [2.24, 2.45) is 7.05 Å². The van der Waals surface area contributed by atoms with Gasteiger partial charge < -0.3 is 14.6 Å². The fourth-order valence-corrected chi connectivity index (χ4v) is 4.59. The lowest BCUT2D eigenvalue weighted by Crippen LogP contribution is -2.23. The maximum atomic E-state index is 14.0. The topological polar surface area (TPSA) is 91.3 Å². The molecule has 0 radical (unpaired) electrons. The van der Waals surface area contributed by atoms with Crippen molar-refractivity contribution in [1.82, 2.24) is 14.5 Å². The Morgan fingerprint density at radius 3 is 2.58 bits per heavy atom. The van der Waals surface area contributed by atoms with Crippen molar-refractivity contribution in [3.8, 4) is 22.8 Å². The molecule has 2 aromatic carbocycles. The van der Waals surface area contributed by atoms with Gasteiger partial charge in [-0.1, -0.05) is 23.4 Å². The number of amides is 1. The van der Waals surface area contributed by atoms with Gasteiger partial charge in [0.15, 0.2) is 17.1 Å². The van der Waals surface area contributed by atoms with Crippen LogP contribution in [0, 0.1) is 0 Å². The van der Waals surface area contributed by atoms with Crippen LogP contribution in [0.3, 0.4) is 0 Å². The van der Waals surface area contributed by atoms with Gasteiger partial charge in [0.1, 0.15) is 11.4 Å². The Hall–Kier alpha value is -4.28. The molecule has 0 aliphatic heterocycles. The number of nitrogens with zero attached hydrogens (tertiary/aromatic N) is 3. The number of hydrogen-bond donors (Lipinski definition) is 1. The number of carbonyl (C=O) groups excluding carboxylic acids is 1. The number of carbonyl (C=O) groups is 1. The van der Waals surface area contributed by atoms with E-state index < -0.39 is 29.0 Å². The number of ether oxygens (including phenoxy) is 1. The van der Waals surface area contributed by atoms with Crippen molar-refractivity contribution in [1.29, 1.82) is 0 Å². The molecule has 186 valence electrons.